The predicted molar refractivity (Wildman–Crippen MR) is 102 cm³/mol. The van der Waals surface area contributed by atoms with Gasteiger partial charge in [0, 0.05) is 12.3 Å². The number of ether oxygens (including phenoxy) is 1. The van der Waals surface area contributed by atoms with Crippen molar-refractivity contribution < 1.29 is 14.6 Å². The van der Waals surface area contributed by atoms with Gasteiger partial charge in [-0.2, -0.15) is 0 Å². The normalized spacial score (nSPS) is 53.2. The third kappa shape index (κ3) is 2.45. The lowest BCUT2D eigenvalue weighted by Gasteiger charge is -2.61. The highest BCUT2D eigenvalue weighted by Crippen LogP contribution is 2.68. The van der Waals surface area contributed by atoms with E-state index in [1.54, 1.807) is 0 Å². The van der Waals surface area contributed by atoms with E-state index in [1.165, 1.54) is 32.6 Å². The molecule has 0 saturated heterocycles. The van der Waals surface area contributed by atoms with E-state index in [9.17, 15) is 9.90 Å². The lowest BCUT2D eigenvalue weighted by atomic mass is 9.44. The highest BCUT2D eigenvalue weighted by molar-refractivity contribution is 5.66. The molecule has 0 bridgehead atoms. The van der Waals surface area contributed by atoms with Gasteiger partial charge in [0.25, 0.3) is 0 Å². The van der Waals surface area contributed by atoms with Crippen LogP contribution in [0.5, 0.6) is 0 Å². The van der Waals surface area contributed by atoms with Crippen molar-refractivity contribution in [2.45, 2.75) is 90.3 Å². The van der Waals surface area contributed by atoms with Gasteiger partial charge in [0.15, 0.2) is 0 Å². The fraction of sp³-hybridized carbons (Fsp3) is 0.870. The Morgan fingerprint density at radius 2 is 1.81 bits per heavy atom. The Morgan fingerprint density at radius 1 is 1.08 bits per heavy atom. The van der Waals surface area contributed by atoms with Crippen LogP contribution in [0.1, 0.15) is 78.6 Å². The van der Waals surface area contributed by atoms with Crippen LogP contribution in [0.2, 0.25) is 0 Å². The molecule has 3 nitrogen and oxygen atoms in total. The second kappa shape index (κ2) is 6.09. The molecule has 4 rings (SSSR count). The molecule has 4 saturated carbocycles. The van der Waals surface area contributed by atoms with Gasteiger partial charge in [-0.15, -0.1) is 6.58 Å². The molecule has 146 valence electrons. The predicted octanol–water partition coefficient (Wildman–Crippen LogP) is 4.88. The number of rotatable bonds is 2. The number of carbonyl (C=O) groups is 1. The lowest BCUT2D eigenvalue weighted by molar-refractivity contribution is -0.164. The topological polar surface area (TPSA) is 46.5 Å². The van der Waals surface area contributed by atoms with Crippen molar-refractivity contribution in [3.8, 4) is 0 Å². The van der Waals surface area contributed by atoms with Gasteiger partial charge in [-0.25, -0.2) is 0 Å². The van der Waals surface area contributed by atoms with Gasteiger partial charge in [-0.3, -0.25) is 4.79 Å². The van der Waals surface area contributed by atoms with Gasteiger partial charge in [-0.1, -0.05) is 19.9 Å². The van der Waals surface area contributed by atoms with E-state index in [1.807, 2.05) is 6.08 Å². The molecular formula is C23H36O3. The Morgan fingerprint density at radius 3 is 2.50 bits per heavy atom. The van der Waals surface area contributed by atoms with E-state index >= 15 is 0 Å². The first-order chi connectivity index (χ1) is 12.2. The molecule has 4 fully saturated rings. The van der Waals surface area contributed by atoms with E-state index in [4.69, 9.17) is 4.74 Å². The maximum atomic E-state index is 11.4. The third-order valence-corrected chi connectivity index (χ3v) is 9.50. The fourth-order valence-electron chi connectivity index (χ4n) is 7.95. The van der Waals surface area contributed by atoms with Crippen LogP contribution in [-0.4, -0.2) is 22.8 Å². The molecule has 0 aromatic carbocycles. The van der Waals surface area contributed by atoms with Crippen LogP contribution < -0.4 is 0 Å². The summed E-state index contributed by atoms with van der Waals surface area (Å²) in [6.07, 6.45) is 12.2. The van der Waals surface area contributed by atoms with Gasteiger partial charge in [0.1, 0.15) is 6.10 Å². The Kier molecular flexibility index (Phi) is 4.34. The van der Waals surface area contributed by atoms with Crippen LogP contribution in [0, 0.1) is 34.5 Å². The van der Waals surface area contributed by atoms with Crippen molar-refractivity contribution in [2.24, 2.45) is 34.5 Å². The third-order valence-electron chi connectivity index (χ3n) is 9.50. The Balaban J connectivity index is 1.56. The van der Waals surface area contributed by atoms with Crippen LogP contribution in [0.15, 0.2) is 12.7 Å². The summed E-state index contributed by atoms with van der Waals surface area (Å²) in [5.41, 5.74) is -0.281. The van der Waals surface area contributed by atoms with Gasteiger partial charge in [0.2, 0.25) is 0 Å². The van der Waals surface area contributed by atoms with Crippen LogP contribution in [0.25, 0.3) is 0 Å². The zero-order valence-electron chi connectivity index (χ0n) is 16.8. The SMILES string of the molecule is C=C[C@]1(O)CC[C@@H]2[C@H]3CC[C@H]4C[C@@H](OC(C)=O)CC[C@]4(C)[C@@H]3CC[C@]21C. The molecule has 0 amide bonds. The fourth-order valence-corrected chi connectivity index (χ4v) is 7.95. The zero-order chi connectivity index (χ0) is 18.7. The standard InChI is InChI=1S/C23H36O3/c1-5-23(25)13-10-20-18-7-6-16-14-17(26-15(2)24)8-11-21(16,3)19(18)9-12-22(20,23)4/h5,16-20,25H,1,6-14H2,2-4H3/t16-,17-,18-,19+,20+,21-,22+,23-/m0/s1. The Bertz CT molecular complexity index is 600. The van der Waals surface area contributed by atoms with E-state index in [2.05, 4.69) is 20.4 Å². The highest BCUT2D eigenvalue weighted by atomic mass is 16.5. The molecule has 4 aliphatic carbocycles. The Hall–Kier alpha value is -0.830. The van der Waals surface area contributed by atoms with Crippen LogP contribution in [0.4, 0.5) is 0 Å². The van der Waals surface area contributed by atoms with Gasteiger partial charge in [0.05, 0.1) is 5.60 Å². The molecule has 0 radical (unpaired) electrons. The minimum Gasteiger partial charge on any atom is -0.463 e. The molecule has 0 unspecified atom stereocenters. The molecule has 0 aliphatic heterocycles. The number of hydrogen-bond donors (Lipinski definition) is 1. The monoisotopic (exact) mass is 360 g/mol. The summed E-state index contributed by atoms with van der Waals surface area (Å²) in [5.74, 6) is 2.70. The first-order valence-corrected chi connectivity index (χ1v) is 10.8. The smallest absolute Gasteiger partial charge is 0.302 e. The lowest BCUT2D eigenvalue weighted by Crippen LogP contribution is -2.56. The van der Waals surface area contributed by atoms with Crippen LogP contribution >= 0.6 is 0 Å². The number of carbonyl (C=O) groups excluding carboxylic acids is 1. The molecule has 0 aromatic heterocycles. The average molecular weight is 361 g/mol. The summed E-state index contributed by atoms with van der Waals surface area (Å²) >= 11 is 0. The number of hydrogen-bond acceptors (Lipinski definition) is 3. The number of esters is 1. The van der Waals surface area contributed by atoms with Crippen molar-refractivity contribution in [1.82, 2.24) is 0 Å². The first kappa shape index (κ1) is 18.5. The maximum absolute atomic E-state index is 11.4. The van der Waals surface area contributed by atoms with Gasteiger partial charge < -0.3 is 9.84 Å². The summed E-state index contributed by atoms with van der Waals surface area (Å²) in [4.78, 5) is 11.4. The molecule has 0 aromatic rings. The summed E-state index contributed by atoms with van der Waals surface area (Å²) in [6, 6.07) is 0. The highest BCUT2D eigenvalue weighted by Gasteiger charge is 2.63. The number of fused-ring (bicyclic) bond motifs is 5. The summed E-state index contributed by atoms with van der Waals surface area (Å²) in [5, 5.41) is 11.2. The molecule has 3 heteroatoms. The van der Waals surface area contributed by atoms with Crippen LogP contribution in [0.3, 0.4) is 0 Å². The molecular weight excluding hydrogens is 324 g/mol. The van der Waals surface area contributed by atoms with Crippen molar-refractivity contribution in [3.05, 3.63) is 12.7 Å². The quantitative estimate of drug-likeness (QED) is 0.564. The summed E-state index contributed by atoms with van der Waals surface area (Å²) < 4.78 is 5.57. The Labute approximate surface area is 158 Å². The summed E-state index contributed by atoms with van der Waals surface area (Å²) in [6.45, 7) is 10.4. The summed E-state index contributed by atoms with van der Waals surface area (Å²) in [7, 11) is 0. The first-order valence-electron chi connectivity index (χ1n) is 10.8. The van der Waals surface area contributed by atoms with E-state index in [-0.39, 0.29) is 17.5 Å². The minimum absolute atomic E-state index is 0.00799. The largest absolute Gasteiger partial charge is 0.463 e. The van der Waals surface area contributed by atoms with Gasteiger partial charge in [-0.05, 0) is 86.9 Å². The number of aliphatic hydroxyl groups is 1. The molecule has 0 spiro atoms. The van der Waals surface area contributed by atoms with Crippen molar-refractivity contribution in [3.63, 3.8) is 0 Å². The molecule has 0 heterocycles. The van der Waals surface area contributed by atoms with E-state index in [0.29, 0.717) is 17.3 Å². The second-order valence-electron chi connectivity index (χ2n) is 10.3. The average Bonchev–Trinajstić information content (AvgIpc) is 2.87. The van der Waals surface area contributed by atoms with Crippen molar-refractivity contribution in [2.75, 3.05) is 0 Å². The second-order valence-corrected chi connectivity index (χ2v) is 10.3. The maximum Gasteiger partial charge on any atom is 0.302 e. The van der Waals surface area contributed by atoms with Crippen molar-refractivity contribution in [1.29, 1.82) is 0 Å². The molecule has 1 N–H and O–H groups in total. The molecule has 26 heavy (non-hydrogen) atoms. The zero-order valence-corrected chi connectivity index (χ0v) is 16.8. The van der Waals surface area contributed by atoms with Crippen LogP contribution in [-0.2, 0) is 9.53 Å². The van der Waals surface area contributed by atoms with E-state index in [0.717, 1.165) is 43.9 Å². The van der Waals surface area contributed by atoms with E-state index < -0.39 is 5.60 Å². The minimum atomic E-state index is -0.673. The molecule has 8 atom stereocenters. The molecule has 4 aliphatic rings. The van der Waals surface area contributed by atoms with Gasteiger partial charge >= 0.3 is 5.97 Å². The van der Waals surface area contributed by atoms with Crippen molar-refractivity contribution >= 4 is 5.97 Å².